The maximum absolute atomic E-state index is 12.5. The number of methoxy groups -OCH3 is 1. The van der Waals surface area contributed by atoms with Gasteiger partial charge in [0, 0.05) is 7.11 Å². The summed E-state index contributed by atoms with van der Waals surface area (Å²) < 4.78 is 5.19. The van der Waals surface area contributed by atoms with Gasteiger partial charge >= 0.3 is 0 Å². The molecule has 0 aromatic rings. The second-order valence-electron chi connectivity index (χ2n) is 5.66. The second-order valence-corrected chi connectivity index (χ2v) is 5.66. The molecule has 1 atom stereocenters. The monoisotopic (exact) mass is 256 g/mol. The highest BCUT2D eigenvalue weighted by Gasteiger charge is 2.38. The molecule has 0 radical (unpaired) electrons. The molecule has 1 amide bonds. The van der Waals surface area contributed by atoms with E-state index >= 15 is 0 Å². The first-order chi connectivity index (χ1) is 8.55. The van der Waals surface area contributed by atoms with Crippen molar-refractivity contribution in [1.29, 1.82) is 0 Å². The Kier molecular flexibility index (Phi) is 6.09. The van der Waals surface area contributed by atoms with Crippen molar-refractivity contribution in [2.45, 2.75) is 46.1 Å². The zero-order valence-electron chi connectivity index (χ0n) is 12.2. The molecule has 0 saturated carbocycles. The zero-order chi connectivity index (χ0) is 13.6. The Morgan fingerprint density at radius 2 is 2.00 bits per heavy atom. The fraction of sp³-hybridized carbons (Fsp3) is 0.929. The molecule has 0 spiro atoms. The number of hydrogen-bond acceptors (Lipinski definition) is 3. The van der Waals surface area contributed by atoms with Crippen molar-refractivity contribution >= 4 is 5.91 Å². The van der Waals surface area contributed by atoms with Crippen molar-refractivity contribution < 1.29 is 9.53 Å². The summed E-state index contributed by atoms with van der Waals surface area (Å²) in [5.74, 6) is 0.603. The molecule has 1 aliphatic rings. The first-order valence-electron chi connectivity index (χ1n) is 7.06. The van der Waals surface area contributed by atoms with Crippen LogP contribution >= 0.6 is 0 Å². The molecule has 4 nitrogen and oxygen atoms in total. The number of piperidine rings is 1. The third kappa shape index (κ3) is 3.69. The van der Waals surface area contributed by atoms with Crippen molar-refractivity contribution in [3.05, 3.63) is 0 Å². The number of amides is 1. The van der Waals surface area contributed by atoms with E-state index in [1.54, 1.807) is 7.11 Å². The Bertz CT molecular complexity index is 261. The van der Waals surface area contributed by atoms with E-state index < -0.39 is 0 Å². The van der Waals surface area contributed by atoms with Gasteiger partial charge in [-0.2, -0.15) is 0 Å². The van der Waals surface area contributed by atoms with Crippen LogP contribution in [0.2, 0.25) is 0 Å². The Hall–Kier alpha value is -0.610. The van der Waals surface area contributed by atoms with Crippen LogP contribution in [0.5, 0.6) is 0 Å². The average Bonchev–Trinajstić information content (AvgIpc) is 2.38. The molecule has 2 N–H and O–H groups in total. The molecule has 4 heteroatoms. The molecular formula is C14H28N2O2. The molecule has 0 aliphatic carbocycles. The summed E-state index contributed by atoms with van der Waals surface area (Å²) in [5, 5.41) is 6.51. The number of carbonyl (C=O) groups excluding carboxylic acids is 1. The van der Waals surface area contributed by atoms with Crippen LogP contribution in [-0.2, 0) is 9.53 Å². The normalized spacial score (nSPS) is 20.7. The molecule has 1 unspecified atom stereocenters. The van der Waals surface area contributed by atoms with Crippen LogP contribution in [0.3, 0.4) is 0 Å². The van der Waals surface area contributed by atoms with Crippen LogP contribution < -0.4 is 10.6 Å². The van der Waals surface area contributed by atoms with Gasteiger partial charge in [0.15, 0.2) is 0 Å². The van der Waals surface area contributed by atoms with Gasteiger partial charge in [-0.05, 0) is 38.3 Å². The van der Waals surface area contributed by atoms with Gasteiger partial charge < -0.3 is 15.4 Å². The summed E-state index contributed by atoms with van der Waals surface area (Å²) in [7, 11) is 1.68. The van der Waals surface area contributed by atoms with Crippen molar-refractivity contribution in [3.63, 3.8) is 0 Å². The van der Waals surface area contributed by atoms with Gasteiger partial charge in [-0.25, -0.2) is 0 Å². The minimum absolute atomic E-state index is 0.112. The highest BCUT2D eigenvalue weighted by Crippen LogP contribution is 2.32. The Morgan fingerprint density at radius 3 is 2.44 bits per heavy atom. The molecule has 18 heavy (non-hydrogen) atoms. The van der Waals surface area contributed by atoms with Gasteiger partial charge in [0.25, 0.3) is 0 Å². The van der Waals surface area contributed by atoms with Crippen molar-refractivity contribution in [1.82, 2.24) is 10.6 Å². The summed E-state index contributed by atoms with van der Waals surface area (Å²) in [4.78, 5) is 12.5. The minimum atomic E-state index is -0.174. The lowest BCUT2D eigenvalue weighted by Gasteiger charge is -2.37. The summed E-state index contributed by atoms with van der Waals surface area (Å²) in [5.41, 5.74) is -0.174. The number of ether oxygens (including phenoxy) is 1. The van der Waals surface area contributed by atoms with E-state index in [0.29, 0.717) is 12.5 Å². The molecule has 1 rings (SSSR count). The number of hydrogen-bond donors (Lipinski definition) is 2. The standard InChI is InChI=1S/C14H28N2O2/c1-5-14(6-8-15-9-7-14)13(17)16-12(10-18-4)11(2)3/h11-12,15H,5-10H2,1-4H3,(H,16,17). The second kappa shape index (κ2) is 7.10. The third-order valence-electron chi connectivity index (χ3n) is 4.19. The van der Waals surface area contributed by atoms with Gasteiger partial charge in [-0.3, -0.25) is 4.79 Å². The molecule has 1 heterocycles. The SMILES string of the molecule is CCC1(C(=O)NC(COC)C(C)C)CCNCC1. The van der Waals surface area contributed by atoms with E-state index in [0.717, 1.165) is 32.4 Å². The predicted octanol–water partition coefficient (Wildman–Crippen LogP) is 1.55. The van der Waals surface area contributed by atoms with Crippen LogP contribution in [0.4, 0.5) is 0 Å². The van der Waals surface area contributed by atoms with Crippen molar-refractivity contribution in [2.24, 2.45) is 11.3 Å². The number of rotatable bonds is 6. The van der Waals surface area contributed by atoms with Crippen molar-refractivity contribution in [2.75, 3.05) is 26.8 Å². The topological polar surface area (TPSA) is 50.4 Å². The van der Waals surface area contributed by atoms with Crippen LogP contribution in [0.25, 0.3) is 0 Å². The summed E-state index contributed by atoms with van der Waals surface area (Å²) in [6, 6.07) is 0.112. The van der Waals surface area contributed by atoms with Crippen LogP contribution in [0, 0.1) is 11.3 Å². The van der Waals surface area contributed by atoms with Crippen LogP contribution in [0.15, 0.2) is 0 Å². The molecule has 1 saturated heterocycles. The predicted molar refractivity (Wildman–Crippen MR) is 73.5 cm³/mol. The molecule has 0 aromatic carbocycles. The first kappa shape index (κ1) is 15.4. The molecule has 0 bridgehead atoms. The molecule has 1 fully saturated rings. The van der Waals surface area contributed by atoms with E-state index in [2.05, 4.69) is 31.4 Å². The smallest absolute Gasteiger partial charge is 0.226 e. The minimum Gasteiger partial charge on any atom is -0.383 e. The molecular weight excluding hydrogens is 228 g/mol. The van der Waals surface area contributed by atoms with Crippen LogP contribution in [-0.4, -0.2) is 38.8 Å². The van der Waals surface area contributed by atoms with Crippen molar-refractivity contribution in [3.8, 4) is 0 Å². The quantitative estimate of drug-likeness (QED) is 0.758. The summed E-state index contributed by atoms with van der Waals surface area (Å²) in [6.45, 7) is 8.82. The lowest BCUT2D eigenvalue weighted by atomic mass is 9.75. The van der Waals surface area contributed by atoms with E-state index in [1.807, 2.05) is 0 Å². The molecule has 1 aliphatic heterocycles. The van der Waals surface area contributed by atoms with Gasteiger partial charge in [0.1, 0.15) is 0 Å². The molecule has 0 aromatic heterocycles. The highest BCUT2D eigenvalue weighted by molar-refractivity contribution is 5.83. The fourth-order valence-electron chi connectivity index (χ4n) is 2.55. The number of nitrogens with one attached hydrogen (secondary N) is 2. The highest BCUT2D eigenvalue weighted by atomic mass is 16.5. The summed E-state index contributed by atoms with van der Waals surface area (Å²) >= 11 is 0. The van der Waals surface area contributed by atoms with E-state index in [1.165, 1.54) is 0 Å². The Labute approximate surface area is 111 Å². The Morgan fingerprint density at radius 1 is 1.39 bits per heavy atom. The van der Waals surface area contributed by atoms with Gasteiger partial charge in [0.2, 0.25) is 5.91 Å². The lowest BCUT2D eigenvalue weighted by molar-refractivity contribution is -0.134. The average molecular weight is 256 g/mol. The molecule has 106 valence electrons. The van der Waals surface area contributed by atoms with Gasteiger partial charge in [-0.1, -0.05) is 20.8 Å². The van der Waals surface area contributed by atoms with E-state index in [4.69, 9.17) is 4.74 Å². The Balaban J connectivity index is 2.65. The van der Waals surface area contributed by atoms with Gasteiger partial charge in [0.05, 0.1) is 18.1 Å². The maximum atomic E-state index is 12.5. The maximum Gasteiger partial charge on any atom is 0.226 e. The van der Waals surface area contributed by atoms with E-state index in [-0.39, 0.29) is 17.4 Å². The third-order valence-corrected chi connectivity index (χ3v) is 4.19. The number of carbonyl (C=O) groups is 1. The van der Waals surface area contributed by atoms with Crippen LogP contribution in [0.1, 0.15) is 40.0 Å². The summed E-state index contributed by atoms with van der Waals surface area (Å²) in [6.07, 6.45) is 2.79. The lowest BCUT2D eigenvalue weighted by Crippen LogP contribution is -2.52. The first-order valence-corrected chi connectivity index (χ1v) is 7.06. The largest absolute Gasteiger partial charge is 0.383 e. The zero-order valence-corrected chi connectivity index (χ0v) is 12.2. The fourth-order valence-corrected chi connectivity index (χ4v) is 2.55. The van der Waals surface area contributed by atoms with Gasteiger partial charge in [-0.15, -0.1) is 0 Å². The van der Waals surface area contributed by atoms with E-state index in [9.17, 15) is 4.79 Å².